The minimum absolute atomic E-state index is 0.00510. The van der Waals surface area contributed by atoms with Gasteiger partial charge in [-0.25, -0.2) is 9.97 Å². The van der Waals surface area contributed by atoms with Crippen molar-refractivity contribution in [3.63, 3.8) is 0 Å². The van der Waals surface area contributed by atoms with Gasteiger partial charge in [-0.2, -0.15) is 0 Å². The Bertz CT molecular complexity index is 1120. The SMILES string of the molecule is O=C(Cn1cnc2ccccc2c1=O)NCCC(=O)N1CCN(c2ccccn2)CC1. The fraction of sp³-hybridized carbons (Fsp3) is 0.318. The van der Waals surface area contributed by atoms with Crippen LogP contribution in [-0.4, -0.2) is 64.0 Å². The molecule has 31 heavy (non-hydrogen) atoms. The molecule has 9 heteroatoms. The average molecular weight is 420 g/mol. The molecule has 4 rings (SSSR count). The third kappa shape index (κ3) is 4.88. The number of rotatable bonds is 6. The van der Waals surface area contributed by atoms with Crippen LogP contribution in [0.2, 0.25) is 0 Å². The van der Waals surface area contributed by atoms with Crippen LogP contribution >= 0.6 is 0 Å². The molecule has 0 spiro atoms. The zero-order valence-corrected chi connectivity index (χ0v) is 17.1. The van der Waals surface area contributed by atoms with E-state index in [0.29, 0.717) is 24.0 Å². The van der Waals surface area contributed by atoms with Gasteiger partial charge in [0.15, 0.2) is 0 Å². The van der Waals surface area contributed by atoms with Gasteiger partial charge in [-0.05, 0) is 24.3 Å². The van der Waals surface area contributed by atoms with Crippen molar-refractivity contribution in [3.05, 3.63) is 65.3 Å². The van der Waals surface area contributed by atoms with Gasteiger partial charge in [0.05, 0.1) is 17.2 Å². The number of nitrogens with zero attached hydrogens (tertiary/aromatic N) is 5. The average Bonchev–Trinajstić information content (AvgIpc) is 2.82. The lowest BCUT2D eigenvalue weighted by Crippen LogP contribution is -2.49. The maximum atomic E-state index is 12.5. The maximum absolute atomic E-state index is 12.5. The molecule has 9 nitrogen and oxygen atoms in total. The zero-order valence-electron chi connectivity index (χ0n) is 17.1. The molecule has 0 unspecified atom stereocenters. The Kier molecular flexibility index (Phi) is 6.21. The summed E-state index contributed by atoms with van der Waals surface area (Å²) in [6.45, 7) is 2.81. The predicted molar refractivity (Wildman–Crippen MR) is 117 cm³/mol. The third-order valence-electron chi connectivity index (χ3n) is 5.31. The van der Waals surface area contributed by atoms with Crippen molar-refractivity contribution in [3.8, 4) is 0 Å². The van der Waals surface area contributed by atoms with Crippen molar-refractivity contribution in [1.82, 2.24) is 24.8 Å². The number of piperazine rings is 1. The van der Waals surface area contributed by atoms with Gasteiger partial charge in [-0.1, -0.05) is 18.2 Å². The number of amides is 2. The summed E-state index contributed by atoms with van der Waals surface area (Å²) in [5, 5.41) is 3.19. The van der Waals surface area contributed by atoms with Crippen molar-refractivity contribution >= 4 is 28.5 Å². The predicted octanol–water partition coefficient (Wildman–Crippen LogP) is 0.647. The highest BCUT2D eigenvalue weighted by atomic mass is 16.2. The van der Waals surface area contributed by atoms with E-state index in [0.717, 1.165) is 18.9 Å². The summed E-state index contributed by atoms with van der Waals surface area (Å²) in [5.74, 6) is 0.595. The molecule has 2 amide bonds. The molecule has 1 aromatic carbocycles. The van der Waals surface area contributed by atoms with Crippen molar-refractivity contribution in [2.45, 2.75) is 13.0 Å². The fourth-order valence-electron chi connectivity index (χ4n) is 3.62. The van der Waals surface area contributed by atoms with E-state index in [-0.39, 0.29) is 36.9 Å². The van der Waals surface area contributed by atoms with E-state index in [9.17, 15) is 14.4 Å². The van der Waals surface area contributed by atoms with Crippen LogP contribution in [0.4, 0.5) is 5.82 Å². The molecule has 1 aliphatic rings. The zero-order chi connectivity index (χ0) is 21.6. The van der Waals surface area contributed by atoms with Gasteiger partial charge in [0, 0.05) is 45.3 Å². The molecule has 0 bridgehead atoms. The number of para-hydroxylation sites is 1. The van der Waals surface area contributed by atoms with E-state index in [1.807, 2.05) is 23.1 Å². The first-order chi connectivity index (χ1) is 15.1. The number of carbonyl (C=O) groups is 2. The second kappa shape index (κ2) is 9.38. The second-order valence-electron chi connectivity index (χ2n) is 7.35. The highest BCUT2D eigenvalue weighted by molar-refractivity contribution is 5.80. The molecule has 1 aliphatic heterocycles. The third-order valence-corrected chi connectivity index (χ3v) is 5.31. The summed E-state index contributed by atoms with van der Waals surface area (Å²) in [6, 6.07) is 12.8. The number of fused-ring (bicyclic) bond motifs is 1. The summed E-state index contributed by atoms with van der Waals surface area (Å²) in [6.07, 6.45) is 3.36. The van der Waals surface area contributed by atoms with Crippen LogP contribution in [0.1, 0.15) is 6.42 Å². The van der Waals surface area contributed by atoms with Gasteiger partial charge in [0.2, 0.25) is 11.8 Å². The Hall–Kier alpha value is -3.75. The Morgan fingerprint density at radius 2 is 1.74 bits per heavy atom. The van der Waals surface area contributed by atoms with Crippen molar-refractivity contribution in [2.75, 3.05) is 37.6 Å². The molecule has 160 valence electrons. The van der Waals surface area contributed by atoms with Crippen LogP contribution in [0.3, 0.4) is 0 Å². The molecular weight excluding hydrogens is 396 g/mol. The van der Waals surface area contributed by atoms with Gasteiger partial charge in [-0.15, -0.1) is 0 Å². The molecule has 3 aromatic rings. The highest BCUT2D eigenvalue weighted by Gasteiger charge is 2.21. The van der Waals surface area contributed by atoms with Gasteiger partial charge >= 0.3 is 0 Å². The van der Waals surface area contributed by atoms with Crippen molar-refractivity contribution in [1.29, 1.82) is 0 Å². The Morgan fingerprint density at radius 3 is 2.52 bits per heavy atom. The summed E-state index contributed by atoms with van der Waals surface area (Å²) in [5.41, 5.74) is 0.334. The molecular formula is C22H24N6O3. The summed E-state index contributed by atoms with van der Waals surface area (Å²) in [7, 11) is 0. The van der Waals surface area contributed by atoms with Crippen LogP contribution < -0.4 is 15.8 Å². The molecule has 3 heterocycles. The second-order valence-corrected chi connectivity index (χ2v) is 7.35. The number of aromatic nitrogens is 3. The topological polar surface area (TPSA) is 100 Å². The lowest BCUT2D eigenvalue weighted by Gasteiger charge is -2.35. The smallest absolute Gasteiger partial charge is 0.261 e. The number of hydrogen-bond donors (Lipinski definition) is 1. The first-order valence-electron chi connectivity index (χ1n) is 10.3. The van der Waals surface area contributed by atoms with Crippen molar-refractivity contribution in [2.24, 2.45) is 0 Å². The number of anilines is 1. The van der Waals surface area contributed by atoms with E-state index in [2.05, 4.69) is 20.2 Å². The van der Waals surface area contributed by atoms with E-state index in [1.54, 1.807) is 30.5 Å². The van der Waals surface area contributed by atoms with E-state index >= 15 is 0 Å². The number of pyridine rings is 1. The van der Waals surface area contributed by atoms with Gasteiger partial charge in [-0.3, -0.25) is 19.0 Å². The van der Waals surface area contributed by atoms with Crippen molar-refractivity contribution < 1.29 is 9.59 Å². The Morgan fingerprint density at radius 1 is 0.968 bits per heavy atom. The summed E-state index contributed by atoms with van der Waals surface area (Å²) < 4.78 is 1.27. The van der Waals surface area contributed by atoms with Crippen LogP contribution in [0.15, 0.2) is 59.8 Å². The number of hydrogen-bond acceptors (Lipinski definition) is 6. The minimum atomic E-state index is -0.327. The van der Waals surface area contributed by atoms with Gasteiger partial charge in [0.1, 0.15) is 12.4 Å². The molecule has 0 saturated carbocycles. The lowest BCUT2D eigenvalue weighted by atomic mass is 10.2. The summed E-state index contributed by atoms with van der Waals surface area (Å²) in [4.78, 5) is 49.6. The lowest BCUT2D eigenvalue weighted by molar-refractivity contribution is -0.131. The van der Waals surface area contributed by atoms with Gasteiger partial charge < -0.3 is 15.1 Å². The number of benzene rings is 1. The van der Waals surface area contributed by atoms with Crippen LogP contribution in [0.5, 0.6) is 0 Å². The minimum Gasteiger partial charge on any atom is -0.354 e. The van der Waals surface area contributed by atoms with E-state index in [1.165, 1.54) is 10.9 Å². The summed E-state index contributed by atoms with van der Waals surface area (Å²) >= 11 is 0. The molecule has 2 aromatic heterocycles. The number of nitrogens with one attached hydrogen (secondary N) is 1. The van der Waals surface area contributed by atoms with E-state index in [4.69, 9.17) is 0 Å². The maximum Gasteiger partial charge on any atom is 0.261 e. The molecule has 1 saturated heterocycles. The first kappa shape index (κ1) is 20.5. The number of carbonyl (C=O) groups excluding carboxylic acids is 2. The van der Waals surface area contributed by atoms with E-state index < -0.39 is 0 Å². The largest absolute Gasteiger partial charge is 0.354 e. The molecule has 0 atom stereocenters. The highest BCUT2D eigenvalue weighted by Crippen LogP contribution is 2.13. The fourth-order valence-corrected chi connectivity index (χ4v) is 3.62. The van der Waals surface area contributed by atoms with Gasteiger partial charge in [0.25, 0.3) is 5.56 Å². The quantitative estimate of drug-likeness (QED) is 0.628. The monoisotopic (exact) mass is 420 g/mol. The van der Waals surface area contributed by atoms with Crippen LogP contribution in [-0.2, 0) is 16.1 Å². The molecule has 0 aliphatic carbocycles. The Labute approximate surface area is 179 Å². The molecule has 0 radical (unpaired) electrons. The first-order valence-corrected chi connectivity index (χ1v) is 10.3. The Balaban J connectivity index is 1.22. The van der Waals surface area contributed by atoms with Crippen LogP contribution in [0.25, 0.3) is 10.9 Å². The normalized spacial score (nSPS) is 13.9. The molecule has 1 fully saturated rings. The molecule has 1 N–H and O–H groups in total. The van der Waals surface area contributed by atoms with Crippen LogP contribution in [0, 0.1) is 0 Å². The standard InChI is InChI=1S/C22H24N6O3/c29-20(15-28-16-25-18-6-2-1-5-17(18)22(28)31)24-10-8-21(30)27-13-11-26(12-14-27)19-7-3-4-9-23-19/h1-7,9,16H,8,10-15H2,(H,24,29).